The lowest BCUT2D eigenvalue weighted by Crippen LogP contribution is -2.27. The van der Waals surface area contributed by atoms with E-state index in [0.717, 1.165) is 5.56 Å². The first-order valence-corrected chi connectivity index (χ1v) is 14.0. The maximum absolute atomic E-state index is 14.5. The molecule has 0 bridgehead atoms. The Bertz CT molecular complexity index is 2120. The molecule has 6 aromatic rings. The van der Waals surface area contributed by atoms with Gasteiger partial charge in [0.25, 0.3) is 11.5 Å². The molecule has 214 valence electrons. The number of para-hydroxylation sites is 1. The summed E-state index contributed by atoms with van der Waals surface area (Å²) < 4.78 is 1.60. The smallest absolute Gasteiger partial charge is 0.263 e. The van der Waals surface area contributed by atoms with Crippen molar-refractivity contribution in [1.29, 1.82) is 0 Å². The summed E-state index contributed by atoms with van der Waals surface area (Å²) in [5.74, 6) is 0.215. The zero-order valence-corrected chi connectivity index (χ0v) is 24.4. The van der Waals surface area contributed by atoms with Crippen LogP contribution in [-0.4, -0.2) is 44.4 Å². The summed E-state index contributed by atoms with van der Waals surface area (Å²) in [6, 6.07) is 22.8. The molecule has 0 aliphatic heterocycles. The lowest BCUT2D eigenvalue weighted by Gasteiger charge is -2.24. The van der Waals surface area contributed by atoms with Crippen molar-refractivity contribution in [1.82, 2.24) is 24.4 Å². The third kappa shape index (κ3) is 4.93. The fraction of sp³-hybridized carbons (Fsp3) is 0.121. The van der Waals surface area contributed by atoms with Gasteiger partial charge in [0.2, 0.25) is 0 Å². The van der Waals surface area contributed by atoms with Crippen molar-refractivity contribution in [3.05, 3.63) is 128 Å². The second-order valence-electron chi connectivity index (χ2n) is 10.3. The van der Waals surface area contributed by atoms with Crippen LogP contribution in [0.1, 0.15) is 29.0 Å². The number of pyridine rings is 2. The van der Waals surface area contributed by atoms with Crippen LogP contribution >= 0.6 is 11.6 Å². The van der Waals surface area contributed by atoms with E-state index in [-0.39, 0.29) is 16.9 Å². The fourth-order valence-electron chi connectivity index (χ4n) is 5.32. The molecule has 3 aromatic heterocycles. The van der Waals surface area contributed by atoms with Crippen LogP contribution in [0.5, 0.6) is 0 Å². The number of H-pyrrole nitrogens is 1. The van der Waals surface area contributed by atoms with Gasteiger partial charge in [-0.1, -0.05) is 60.1 Å². The average molecular weight is 591 g/mol. The molecule has 0 saturated heterocycles. The maximum Gasteiger partial charge on any atom is 0.263 e. The molecule has 0 saturated carbocycles. The van der Waals surface area contributed by atoms with Crippen molar-refractivity contribution < 1.29 is 4.79 Å². The molecule has 0 unspecified atom stereocenters. The van der Waals surface area contributed by atoms with Gasteiger partial charge in [-0.05, 0) is 42.3 Å². The summed E-state index contributed by atoms with van der Waals surface area (Å²) in [5.41, 5.74) is 3.05. The topological polar surface area (TPSA) is 113 Å². The van der Waals surface area contributed by atoms with Crippen LogP contribution in [0.2, 0.25) is 5.02 Å². The average Bonchev–Trinajstić information content (AvgIpc) is 3.02. The van der Waals surface area contributed by atoms with Gasteiger partial charge in [-0.25, -0.2) is 9.97 Å². The van der Waals surface area contributed by atoms with Crippen LogP contribution in [0.25, 0.3) is 38.6 Å². The van der Waals surface area contributed by atoms with Gasteiger partial charge in [0, 0.05) is 43.0 Å². The third-order valence-corrected chi connectivity index (χ3v) is 7.76. The lowest BCUT2D eigenvalue weighted by molar-refractivity contribution is 0.0827. The van der Waals surface area contributed by atoms with Gasteiger partial charge in [0.05, 0.1) is 22.1 Å². The molecule has 3 aromatic carbocycles. The highest BCUT2D eigenvalue weighted by atomic mass is 35.5. The van der Waals surface area contributed by atoms with Gasteiger partial charge in [0.1, 0.15) is 23.2 Å². The third-order valence-electron chi connectivity index (χ3n) is 7.36. The number of rotatable bonds is 6. The number of benzene rings is 3. The van der Waals surface area contributed by atoms with E-state index in [1.54, 1.807) is 30.8 Å². The maximum atomic E-state index is 14.5. The molecule has 1 amide bonds. The second-order valence-corrected chi connectivity index (χ2v) is 10.7. The Labute approximate surface area is 251 Å². The van der Waals surface area contributed by atoms with E-state index in [1.165, 1.54) is 23.5 Å². The zero-order chi connectivity index (χ0) is 30.2. The number of carbonyl (C=O) groups is 1. The number of halogens is 1. The standard InChI is InChI=1S/C33H27ClN6O3/c1-19(38-31-27-25(41)16-17-35-30(27)36-18-37-31)29-28(34)24-11-7-10-23(20-12-14-21(15-13-20)32(42)39(2)3)26(24)33(43)40(29)22-8-5-4-6-9-22/h4-19H,1-3H3,(H2,35,36,37,38,41)/t19-/m0/s1. The quantitative estimate of drug-likeness (QED) is 0.253. The van der Waals surface area contributed by atoms with E-state index in [0.29, 0.717) is 55.2 Å². The Morgan fingerprint density at radius 2 is 1.67 bits per heavy atom. The van der Waals surface area contributed by atoms with E-state index >= 15 is 0 Å². The van der Waals surface area contributed by atoms with Crippen LogP contribution in [-0.2, 0) is 0 Å². The molecule has 43 heavy (non-hydrogen) atoms. The second kappa shape index (κ2) is 11.2. The van der Waals surface area contributed by atoms with E-state index in [9.17, 15) is 14.4 Å². The van der Waals surface area contributed by atoms with Gasteiger partial charge in [-0.15, -0.1) is 0 Å². The van der Waals surface area contributed by atoms with E-state index in [2.05, 4.69) is 20.3 Å². The number of fused-ring (bicyclic) bond motifs is 2. The zero-order valence-electron chi connectivity index (χ0n) is 23.6. The molecule has 3 heterocycles. The predicted molar refractivity (Wildman–Crippen MR) is 170 cm³/mol. The predicted octanol–water partition coefficient (Wildman–Crippen LogP) is 5.82. The molecule has 2 N–H and O–H groups in total. The Hall–Kier alpha value is -5.28. The minimum Gasteiger partial charge on any atom is -0.361 e. The van der Waals surface area contributed by atoms with Crippen molar-refractivity contribution in [3.8, 4) is 16.8 Å². The molecule has 0 fully saturated rings. The molecular formula is C33H27ClN6O3. The van der Waals surface area contributed by atoms with Crippen LogP contribution in [0.3, 0.4) is 0 Å². The normalized spacial score (nSPS) is 11.9. The molecule has 0 spiro atoms. The molecule has 0 aliphatic rings. The minimum atomic E-state index is -0.553. The highest BCUT2D eigenvalue weighted by Gasteiger charge is 2.24. The first-order valence-electron chi connectivity index (χ1n) is 13.6. The van der Waals surface area contributed by atoms with Crippen LogP contribution in [0.15, 0.2) is 101 Å². The molecule has 6 rings (SSSR count). The minimum absolute atomic E-state index is 0.108. The summed E-state index contributed by atoms with van der Waals surface area (Å²) in [5, 5.41) is 5.02. The van der Waals surface area contributed by atoms with Crippen LogP contribution < -0.4 is 16.3 Å². The lowest BCUT2D eigenvalue weighted by atomic mass is 9.96. The van der Waals surface area contributed by atoms with Gasteiger partial charge >= 0.3 is 0 Å². The van der Waals surface area contributed by atoms with Gasteiger partial charge in [-0.2, -0.15) is 0 Å². The number of nitrogens with zero attached hydrogens (tertiary/aromatic N) is 4. The van der Waals surface area contributed by atoms with Gasteiger partial charge in [-0.3, -0.25) is 19.0 Å². The Morgan fingerprint density at radius 1 is 0.930 bits per heavy atom. The number of anilines is 1. The Kier molecular flexibility index (Phi) is 7.25. The summed E-state index contributed by atoms with van der Waals surface area (Å²) >= 11 is 7.19. The number of aromatic nitrogens is 4. The first kappa shape index (κ1) is 27.9. The van der Waals surface area contributed by atoms with Gasteiger partial charge in [0.15, 0.2) is 5.43 Å². The number of hydrogen-bond acceptors (Lipinski definition) is 6. The van der Waals surface area contributed by atoms with Gasteiger partial charge < -0.3 is 15.2 Å². The Morgan fingerprint density at radius 3 is 2.40 bits per heavy atom. The molecular weight excluding hydrogens is 564 g/mol. The van der Waals surface area contributed by atoms with Crippen molar-refractivity contribution in [2.45, 2.75) is 13.0 Å². The largest absolute Gasteiger partial charge is 0.361 e. The molecule has 0 radical (unpaired) electrons. The summed E-state index contributed by atoms with van der Waals surface area (Å²) in [4.78, 5) is 52.7. The number of amides is 1. The summed E-state index contributed by atoms with van der Waals surface area (Å²) in [7, 11) is 3.40. The van der Waals surface area contributed by atoms with Crippen LogP contribution in [0.4, 0.5) is 5.82 Å². The number of carbonyl (C=O) groups excluding carboxylic acids is 1. The van der Waals surface area contributed by atoms with Crippen LogP contribution in [0, 0.1) is 0 Å². The van der Waals surface area contributed by atoms with Crippen molar-refractivity contribution in [3.63, 3.8) is 0 Å². The molecule has 0 aliphatic carbocycles. The highest BCUT2D eigenvalue weighted by molar-refractivity contribution is 6.36. The number of nitrogens with one attached hydrogen (secondary N) is 2. The number of aromatic amines is 1. The molecule has 1 atom stereocenters. The van der Waals surface area contributed by atoms with Crippen molar-refractivity contribution >= 4 is 45.1 Å². The summed E-state index contributed by atoms with van der Waals surface area (Å²) in [6.07, 6.45) is 2.90. The highest BCUT2D eigenvalue weighted by Crippen LogP contribution is 2.36. The van der Waals surface area contributed by atoms with Crippen molar-refractivity contribution in [2.75, 3.05) is 19.4 Å². The first-order chi connectivity index (χ1) is 20.8. The summed E-state index contributed by atoms with van der Waals surface area (Å²) in [6.45, 7) is 1.86. The molecule has 9 nitrogen and oxygen atoms in total. The number of hydrogen-bond donors (Lipinski definition) is 2. The van der Waals surface area contributed by atoms with E-state index < -0.39 is 6.04 Å². The SMILES string of the molecule is C[C@H](Nc1ncnc2[nH]ccc(=O)c12)c1c(Cl)c2cccc(-c3ccc(C(=O)N(C)C)cc3)c2c(=O)n1-c1ccccc1. The van der Waals surface area contributed by atoms with E-state index in [1.807, 2.05) is 67.6 Å². The monoisotopic (exact) mass is 590 g/mol. The van der Waals surface area contributed by atoms with E-state index in [4.69, 9.17) is 11.6 Å². The van der Waals surface area contributed by atoms with Crippen molar-refractivity contribution in [2.24, 2.45) is 0 Å². The fourth-order valence-corrected chi connectivity index (χ4v) is 5.73. The molecule has 10 heteroatoms. The Balaban J connectivity index is 1.57.